The number of carbonyl (C=O) groups is 1. The van der Waals surface area contributed by atoms with E-state index in [4.69, 9.17) is 10.5 Å². The molecule has 0 saturated carbocycles. The zero-order valence-corrected chi connectivity index (χ0v) is 11.9. The van der Waals surface area contributed by atoms with Crippen molar-refractivity contribution in [2.75, 3.05) is 37.3 Å². The standard InChI is InChI=1S/C14H23N3O2/c1-4-17(5-2)14(18)10-16-11-7-8-12(15)13(9-11)19-6-3/h7-9,16H,4-6,10,15H2,1-3H3. The fraction of sp³-hybridized carbons (Fsp3) is 0.500. The maximum atomic E-state index is 11.9. The van der Waals surface area contributed by atoms with Gasteiger partial charge in [0.2, 0.25) is 5.91 Å². The Morgan fingerprint density at radius 2 is 2.00 bits per heavy atom. The van der Waals surface area contributed by atoms with Crippen LogP contribution in [0.1, 0.15) is 20.8 Å². The number of amides is 1. The normalized spacial score (nSPS) is 10.1. The van der Waals surface area contributed by atoms with Gasteiger partial charge in [0.15, 0.2) is 0 Å². The Labute approximate surface area is 114 Å². The van der Waals surface area contributed by atoms with Gasteiger partial charge in [-0.15, -0.1) is 0 Å². The zero-order chi connectivity index (χ0) is 14.3. The highest BCUT2D eigenvalue weighted by molar-refractivity contribution is 5.81. The molecule has 5 heteroatoms. The number of nitrogen functional groups attached to an aromatic ring is 1. The maximum absolute atomic E-state index is 11.9. The van der Waals surface area contributed by atoms with Crippen molar-refractivity contribution in [3.05, 3.63) is 18.2 Å². The van der Waals surface area contributed by atoms with Crippen molar-refractivity contribution >= 4 is 17.3 Å². The Kier molecular flexibility index (Phi) is 5.99. The van der Waals surface area contributed by atoms with Crippen LogP contribution in [-0.2, 0) is 4.79 Å². The number of benzene rings is 1. The van der Waals surface area contributed by atoms with Crippen LogP contribution in [-0.4, -0.2) is 37.0 Å². The van der Waals surface area contributed by atoms with Crippen LogP contribution >= 0.6 is 0 Å². The summed E-state index contributed by atoms with van der Waals surface area (Å²) in [5, 5.41) is 3.09. The summed E-state index contributed by atoms with van der Waals surface area (Å²) >= 11 is 0. The molecule has 1 amide bonds. The van der Waals surface area contributed by atoms with E-state index in [-0.39, 0.29) is 12.5 Å². The first-order chi connectivity index (χ1) is 9.12. The minimum Gasteiger partial charge on any atom is -0.492 e. The Bertz CT molecular complexity index is 417. The summed E-state index contributed by atoms with van der Waals surface area (Å²) in [7, 11) is 0. The van der Waals surface area contributed by atoms with E-state index in [0.29, 0.717) is 18.0 Å². The Morgan fingerprint density at radius 3 is 2.58 bits per heavy atom. The highest BCUT2D eigenvalue weighted by Gasteiger charge is 2.09. The molecule has 19 heavy (non-hydrogen) atoms. The van der Waals surface area contributed by atoms with Gasteiger partial charge < -0.3 is 20.7 Å². The van der Waals surface area contributed by atoms with Crippen LogP contribution in [0.2, 0.25) is 0 Å². The predicted octanol–water partition coefficient (Wildman–Crippen LogP) is 1.95. The minimum absolute atomic E-state index is 0.0831. The molecule has 0 atom stereocenters. The molecule has 1 aromatic rings. The fourth-order valence-corrected chi connectivity index (χ4v) is 1.79. The molecule has 0 unspecified atom stereocenters. The number of rotatable bonds is 7. The van der Waals surface area contributed by atoms with Crippen molar-refractivity contribution in [2.45, 2.75) is 20.8 Å². The quantitative estimate of drug-likeness (QED) is 0.739. The van der Waals surface area contributed by atoms with Gasteiger partial charge in [0.25, 0.3) is 0 Å². The molecule has 0 saturated heterocycles. The van der Waals surface area contributed by atoms with Gasteiger partial charge in [-0.1, -0.05) is 0 Å². The second-order valence-electron chi connectivity index (χ2n) is 4.11. The topological polar surface area (TPSA) is 67.6 Å². The molecule has 0 radical (unpaired) electrons. The van der Waals surface area contributed by atoms with Crippen LogP contribution < -0.4 is 15.8 Å². The van der Waals surface area contributed by atoms with E-state index in [9.17, 15) is 4.79 Å². The number of ether oxygens (including phenoxy) is 1. The molecular formula is C14H23N3O2. The van der Waals surface area contributed by atoms with Gasteiger partial charge in [-0.3, -0.25) is 4.79 Å². The summed E-state index contributed by atoms with van der Waals surface area (Å²) in [4.78, 5) is 13.6. The monoisotopic (exact) mass is 265 g/mol. The first-order valence-corrected chi connectivity index (χ1v) is 6.66. The number of nitrogens with zero attached hydrogens (tertiary/aromatic N) is 1. The number of nitrogens with one attached hydrogen (secondary N) is 1. The van der Waals surface area contributed by atoms with Crippen LogP contribution in [0.4, 0.5) is 11.4 Å². The summed E-state index contributed by atoms with van der Waals surface area (Å²) in [6, 6.07) is 5.43. The number of nitrogens with two attached hydrogens (primary N) is 1. The molecule has 1 rings (SSSR count). The second-order valence-corrected chi connectivity index (χ2v) is 4.11. The van der Waals surface area contributed by atoms with Crippen molar-refractivity contribution in [2.24, 2.45) is 0 Å². The van der Waals surface area contributed by atoms with Gasteiger partial charge >= 0.3 is 0 Å². The van der Waals surface area contributed by atoms with Gasteiger partial charge in [0.05, 0.1) is 18.8 Å². The van der Waals surface area contributed by atoms with Crippen molar-refractivity contribution in [1.29, 1.82) is 0 Å². The lowest BCUT2D eigenvalue weighted by atomic mass is 10.2. The summed E-state index contributed by atoms with van der Waals surface area (Å²) in [5.74, 6) is 0.725. The summed E-state index contributed by atoms with van der Waals surface area (Å²) in [6.45, 7) is 8.13. The zero-order valence-electron chi connectivity index (χ0n) is 11.9. The molecule has 0 spiro atoms. The molecule has 0 fully saturated rings. The van der Waals surface area contributed by atoms with E-state index < -0.39 is 0 Å². The fourth-order valence-electron chi connectivity index (χ4n) is 1.79. The van der Waals surface area contributed by atoms with E-state index in [2.05, 4.69) is 5.32 Å². The molecule has 1 aromatic carbocycles. The Balaban J connectivity index is 2.62. The number of likely N-dealkylation sites (N-methyl/N-ethyl adjacent to an activating group) is 1. The third kappa shape index (κ3) is 4.35. The molecule has 0 aromatic heterocycles. The summed E-state index contributed by atoms with van der Waals surface area (Å²) in [5.41, 5.74) is 7.23. The van der Waals surface area contributed by atoms with Gasteiger partial charge in [0.1, 0.15) is 5.75 Å². The van der Waals surface area contributed by atoms with Gasteiger partial charge in [0, 0.05) is 24.8 Å². The van der Waals surface area contributed by atoms with Gasteiger partial charge in [-0.05, 0) is 32.9 Å². The molecule has 0 aliphatic rings. The largest absolute Gasteiger partial charge is 0.492 e. The number of hydrogen-bond donors (Lipinski definition) is 2. The molecular weight excluding hydrogens is 242 g/mol. The first-order valence-electron chi connectivity index (χ1n) is 6.66. The van der Waals surface area contributed by atoms with Crippen LogP contribution in [0.15, 0.2) is 18.2 Å². The molecule has 0 heterocycles. The molecule has 0 bridgehead atoms. The maximum Gasteiger partial charge on any atom is 0.241 e. The molecule has 106 valence electrons. The summed E-state index contributed by atoms with van der Waals surface area (Å²) < 4.78 is 5.41. The van der Waals surface area contributed by atoms with Crippen molar-refractivity contribution in [1.82, 2.24) is 4.90 Å². The molecule has 0 aliphatic carbocycles. The van der Waals surface area contributed by atoms with Crippen LogP contribution in [0, 0.1) is 0 Å². The predicted molar refractivity (Wildman–Crippen MR) is 78.4 cm³/mol. The van der Waals surface area contributed by atoms with Crippen molar-refractivity contribution in [3.63, 3.8) is 0 Å². The van der Waals surface area contributed by atoms with E-state index >= 15 is 0 Å². The van der Waals surface area contributed by atoms with E-state index in [1.54, 1.807) is 11.0 Å². The van der Waals surface area contributed by atoms with E-state index in [1.165, 1.54) is 0 Å². The molecule has 0 aliphatic heterocycles. The van der Waals surface area contributed by atoms with Gasteiger partial charge in [-0.25, -0.2) is 0 Å². The lowest BCUT2D eigenvalue weighted by Crippen LogP contribution is -2.35. The van der Waals surface area contributed by atoms with Crippen LogP contribution in [0.3, 0.4) is 0 Å². The average Bonchev–Trinajstić information content (AvgIpc) is 2.41. The third-order valence-corrected chi connectivity index (χ3v) is 2.87. The first kappa shape index (κ1) is 15.1. The third-order valence-electron chi connectivity index (χ3n) is 2.87. The van der Waals surface area contributed by atoms with E-state index in [1.807, 2.05) is 32.9 Å². The lowest BCUT2D eigenvalue weighted by Gasteiger charge is -2.19. The molecule has 3 N–H and O–H groups in total. The number of hydrogen-bond acceptors (Lipinski definition) is 4. The lowest BCUT2D eigenvalue weighted by molar-refractivity contribution is -0.128. The smallest absolute Gasteiger partial charge is 0.241 e. The molecule has 5 nitrogen and oxygen atoms in total. The van der Waals surface area contributed by atoms with Gasteiger partial charge in [-0.2, -0.15) is 0 Å². The SMILES string of the molecule is CCOc1cc(NCC(=O)N(CC)CC)ccc1N. The summed E-state index contributed by atoms with van der Waals surface area (Å²) in [6.07, 6.45) is 0. The van der Waals surface area contributed by atoms with Crippen LogP contribution in [0.25, 0.3) is 0 Å². The second kappa shape index (κ2) is 7.51. The van der Waals surface area contributed by atoms with Crippen molar-refractivity contribution in [3.8, 4) is 5.75 Å². The highest BCUT2D eigenvalue weighted by atomic mass is 16.5. The number of carbonyl (C=O) groups excluding carboxylic acids is 1. The van der Waals surface area contributed by atoms with Crippen molar-refractivity contribution < 1.29 is 9.53 Å². The Hall–Kier alpha value is -1.91. The minimum atomic E-state index is 0.0831. The highest BCUT2D eigenvalue weighted by Crippen LogP contribution is 2.25. The average molecular weight is 265 g/mol. The Morgan fingerprint density at radius 1 is 1.32 bits per heavy atom. The number of anilines is 2. The van der Waals surface area contributed by atoms with Crippen LogP contribution in [0.5, 0.6) is 5.75 Å². The van der Waals surface area contributed by atoms with E-state index in [0.717, 1.165) is 18.8 Å².